The summed E-state index contributed by atoms with van der Waals surface area (Å²) in [5.41, 5.74) is 3.32. The number of rotatable bonds is 12. The third kappa shape index (κ3) is 8.12. The van der Waals surface area contributed by atoms with Crippen molar-refractivity contribution in [3.8, 4) is 0 Å². The molecule has 0 aliphatic carbocycles. The maximum absolute atomic E-state index is 12.2. The van der Waals surface area contributed by atoms with Gasteiger partial charge in [-0.1, -0.05) is 48.2 Å². The third-order valence-corrected chi connectivity index (χ3v) is 6.93. The number of benzene rings is 2. The zero-order valence-electron chi connectivity index (χ0n) is 20.2. The minimum Gasteiger partial charge on any atom is -0.481 e. The Morgan fingerprint density at radius 1 is 1.03 bits per heavy atom. The molecule has 3 aromatic rings. The molecule has 0 spiro atoms. The summed E-state index contributed by atoms with van der Waals surface area (Å²) in [6, 6.07) is 15.0. The molecule has 4 rings (SSSR count). The van der Waals surface area contributed by atoms with Gasteiger partial charge in [-0.25, -0.2) is 4.98 Å². The summed E-state index contributed by atoms with van der Waals surface area (Å²) in [7, 11) is 0. The molecule has 37 heavy (non-hydrogen) atoms. The van der Waals surface area contributed by atoms with Crippen molar-refractivity contribution in [2.75, 3.05) is 11.1 Å². The van der Waals surface area contributed by atoms with Crippen LogP contribution in [0.1, 0.15) is 61.2 Å². The number of amides is 1. The quantitative estimate of drug-likeness (QED) is 0.201. The minimum absolute atomic E-state index is 0.0147. The summed E-state index contributed by atoms with van der Waals surface area (Å²) in [6.07, 6.45) is 2.55. The van der Waals surface area contributed by atoms with Gasteiger partial charge in [-0.05, 0) is 36.1 Å². The maximum atomic E-state index is 12.2. The predicted molar refractivity (Wildman–Crippen MR) is 137 cm³/mol. The standard InChI is InChI=1S/C26H30N4O6S/c31-14-17-5-7-18(8-6-17)22-13-21(15-37-26-27-16-28-30-26)35-25(36-22)19-9-11-20(12-10-19)29-23(32)3-1-2-4-24(33)34/h5-12,16,21-22,25,31H,1-4,13-15H2,(H,29,32)(H,33,34)(H,27,28,30). The van der Waals surface area contributed by atoms with E-state index in [9.17, 15) is 14.7 Å². The number of hydrogen-bond donors (Lipinski definition) is 4. The summed E-state index contributed by atoms with van der Waals surface area (Å²) in [5.74, 6) is -0.346. The number of hydrogen-bond acceptors (Lipinski definition) is 8. The minimum atomic E-state index is -0.855. The Morgan fingerprint density at radius 3 is 2.43 bits per heavy atom. The van der Waals surface area contributed by atoms with Crippen LogP contribution in [0.3, 0.4) is 0 Å². The van der Waals surface area contributed by atoms with Gasteiger partial charge in [0.2, 0.25) is 5.91 Å². The number of nitrogens with one attached hydrogen (secondary N) is 2. The molecule has 1 saturated heterocycles. The van der Waals surface area contributed by atoms with E-state index in [-0.39, 0.29) is 37.6 Å². The first kappa shape index (κ1) is 26.8. The Hall–Kier alpha value is -3.25. The van der Waals surface area contributed by atoms with Crippen LogP contribution in [-0.2, 0) is 25.7 Å². The summed E-state index contributed by atoms with van der Waals surface area (Å²) in [4.78, 5) is 26.9. The Kier molecular flexibility index (Phi) is 9.66. The third-order valence-electron chi connectivity index (χ3n) is 5.92. The molecule has 1 aliphatic heterocycles. The van der Waals surface area contributed by atoms with E-state index < -0.39 is 12.3 Å². The number of thioether (sulfide) groups is 1. The van der Waals surface area contributed by atoms with E-state index in [0.29, 0.717) is 30.7 Å². The lowest BCUT2D eigenvalue weighted by molar-refractivity contribution is -0.245. The van der Waals surface area contributed by atoms with Gasteiger partial charge in [-0.2, -0.15) is 5.10 Å². The number of unbranched alkanes of at least 4 members (excludes halogenated alkanes) is 1. The van der Waals surface area contributed by atoms with Gasteiger partial charge in [0.15, 0.2) is 11.4 Å². The van der Waals surface area contributed by atoms with Crippen LogP contribution in [0.4, 0.5) is 5.69 Å². The normalized spacial score (nSPS) is 19.4. The average molecular weight is 527 g/mol. The molecule has 1 amide bonds. The Balaban J connectivity index is 1.40. The zero-order chi connectivity index (χ0) is 26.0. The van der Waals surface area contributed by atoms with E-state index in [2.05, 4.69) is 20.5 Å². The van der Waals surface area contributed by atoms with Gasteiger partial charge in [-0.3, -0.25) is 14.7 Å². The fourth-order valence-electron chi connectivity index (χ4n) is 3.97. The molecule has 11 heteroatoms. The molecule has 1 aliphatic rings. The second-order valence-corrected chi connectivity index (χ2v) is 9.73. The largest absolute Gasteiger partial charge is 0.481 e. The second kappa shape index (κ2) is 13.3. The number of anilines is 1. The van der Waals surface area contributed by atoms with E-state index in [0.717, 1.165) is 21.8 Å². The summed E-state index contributed by atoms with van der Waals surface area (Å²) < 4.78 is 12.6. The molecule has 3 atom stereocenters. The van der Waals surface area contributed by atoms with Crippen LogP contribution in [0.25, 0.3) is 0 Å². The van der Waals surface area contributed by atoms with Gasteiger partial charge < -0.3 is 25.0 Å². The Morgan fingerprint density at radius 2 is 1.76 bits per heavy atom. The van der Waals surface area contributed by atoms with Crippen molar-refractivity contribution in [3.05, 3.63) is 71.5 Å². The highest BCUT2D eigenvalue weighted by molar-refractivity contribution is 7.99. The number of aromatic amines is 1. The number of carbonyl (C=O) groups is 2. The molecule has 0 saturated carbocycles. The number of carboxylic acids is 1. The number of aromatic nitrogens is 3. The lowest BCUT2D eigenvalue weighted by atomic mass is 10.0. The van der Waals surface area contributed by atoms with Gasteiger partial charge in [0.25, 0.3) is 0 Å². The highest BCUT2D eigenvalue weighted by Gasteiger charge is 2.32. The average Bonchev–Trinajstić information content (AvgIpc) is 3.44. The summed E-state index contributed by atoms with van der Waals surface area (Å²) in [6.45, 7) is -0.0147. The van der Waals surface area contributed by atoms with Gasteiger partial charge in [0.05, 0.1) is 18.8 Å². The first-order valence-electron chi connectivity index (χ1n) is 12.1. The fourth-order valence-corrected chi connectivity index (χ4v) is 4.76. The number of H-pyrrole nitrogens is 1. The molecular weight excluding hydrogens is 496 g/mol. The van der Waals surface area contributed by atoms with Crippen molar-refractivity contribution in [3.63, 3.8) is 0 Å². The van der Waals surface area contributed by atoms with Crippen molar-refractivity contribution in [2.45, 2.75) is 62.4 Å². The van der Waals surface area contributed by atoms with E-state index in [1.54, 1.807) is 12.1 Å². The summed E-state index contributed by atoms with van der Waals surface area (Å²) >= 11 is 1.53. The molecule has 4 N–H and O–H groups in total. The zero-order valence-corrected chi connectivity index (χ0v) is 21.0. The number of aliphatic hydroxyl groups is 1. The molecule has 1 fully saturated rings. The highest BCUT2D eigenvalue weighted by Crippen LogP contribution is 2.39. The smallest absolute Gasteiger partial charge is 0.303 e. The van der Waals surface area contributed by atoms with Gasteiger partial charge in [0.1, 0.15) is 6.33 Å². The fraction of sp³-hybridized carbons (Fsp3) is 0.385. The van der Waals surface area contributed by atoms with Crippen LogP contribution in [-0.4, -0.2) is 49.1 Å². The van der Waals surface area contributed by atoms with E-state index in [1.807, 2.05) is 36.4 Å². The summed E-state index contributed by atoms with van der Waals surface area (Å²) in [5, 5.41) is 28.4. The predicted octanol–water partition coefficient (Wildman–Crippen LogP) is 4.22. The van der Waals surface area contributed by atoms with Crippen molar-refractivity contribution in [1.29, 1.82) is 0 Å². The van der Waals surface area contributed by atoms with Crippen LogP contribution in [0.2, 0.25) is 0 Å². The lowest BCUT2D eigenvalue weighted by Crippen LogP contribution is -2.31. The van der Waals surface area contributed by atoms with Crippen molar-refractivity contribution in [1.82, 2.24) is 15.2 Å². The molecule has 1 aromatic heterocycles. The SMILES string of the molecule is O=C(O)CCCCC(=O)Nc1ccc(C2OC(CSc3ncn[nH]3)CC(c3ccc(CO)cc3)O2)cc1. The molecule has 196 valence electrons. The van der Waals surface area contributed by atoms with Crippen molar-refractivity contribution < 1.29 is 29.3 Å². The second-order valence-electron chi connectivity index (χ2n) is 8.72. The number of aliphatic carboxylic acids is 1. The molecule has 0 bridgehead atoms. The van der Waals surface area contributed by atoms with Crippen molar-refractivity contribution >= 4 is 29.3 Å². The number of nitrogens with zero attached hydrogens (tertiary/aromatic N) is 2. The van der Waals surface area contributed by atoms with Gasteiger partial charge >= 0.3 is 5.97 Å². The Labute approximate surface area is 218 Å². The first-order chi connectivity index (χ1) is 18.0. The molecule has 2 heterocycles. The number of aliphatic hydroxyl groups excluding tert-OH is 1. The molecule has 0 radical (unpaired) electrons. The van der Waals surface area contributed by atoms with Gasteiger partial charge in [-0.15, -0.1) is 0 Å². The lowest BCUT2D eigenvalue weighted by Gasteiger charge is -2.36. The number of carboxylic acid groups (broad SMARTS) is 1. The number of ether oxygens (including phenoxy) is 2. The molecule has 2 aromatic carbocycles. The van der Waals surface area contributed by atoms with Crippen molar-refractivity contribution in [2.24, 2.45) is 0 Å². The van der Waals surface area contributed by atoms with E-state index in [1.165, 1.54) is 18.1 Å². The van der Waals surface area contributed by atoms with Crippen LogP contribution in [0, 0.1) is 0 Å². The van der Waals surface area contributed by atoms with Crippen LogP contribution in [0.5, 0.6) is 0 Å². The van der Waals surface area contributed by atoms with Crippen LogP contribution >= 0.6 is 11.8 Å². The number of carbonyl (C=O) groups excluding carboxylic acids is 1. The Bertz CT molecular complexity index is 1140. The van der Waals surface area contributed by atoms with Crippen LogP contribution < -0.4 is 5.32 Å². The van der Waals surface area contributed by atoms with E-state index in [4.69, 9.17) is 14.6 Å². The van der Waals surface area contributed by atoms with E-state index >= 15 is 0 Å². The van der Waals surface area contributed by atoms with Crippen LogP contribution in [0.15, 0.2) is 60.0 Å². The van der Waals surface area contributed by atoms with Gasteiger partial charge in [0, 0.05) is 36.3 Å². The molecular formula is C26H30N4O6S. The first-order valence-corrected chi connectivity index (χ1v) is 13.1. The molecule has 3 unspecified atom stereocenters. The molecule has 10 nitrogen and oxygen atoms in total. The highest BCUT2D eigenvalue weighted by atomic mass is 32.2. The monoisotopic (exact) mass is 526 g/mol. The maximum Gasteiger partial charge on any atom is 0.303 e. The topological polar surface area (TPSA) is 147 Å².